The summed E-state index contributed by atoms with van der Waals surface area (Å²) in [6.07, 6.45) is 8.00. The van der Waals surface area contributed by atoms with Gasteiger partial charge in [-0.2, -0.15) is 0 Å². The zero-order valence-electron chi connectivity index (χ0n) is 12.3. The number of hydrogen-bond acceptors (Lipinski definition) is 2. The summed E-state index contributed by atoms with van der Waals surface area (Å²) in [5, 5.41) is 6.72. The molecule has 3 nitrogen and oxygen atoms in total. The standard InChI is InChI=1S/C15H30N2O/c1-4-6-7-12(3)15(18)17-14-10-8-13(9-11-14)16-5-2/h12-14,16H,4-11H2,1-3H3,(H,17,18). The molecule has 1 saturated carbocycles. The average molecular weight is 254 g/mol. The number of carbonyl (C=O) groups is 1. The smallest absolute Gasteiger partial charge is 0.223 e. The molecule has 0 saturated heterocycles. The lowest BCUT2D eigenvalue weighted by atomic mass is 9.90. The fourth-order valence-electron chi connectivity index (χ4n) is 2.72. The highest BCUT2D eigenvalue weighted by molar-refractivity contribution is 5.78. The predicted molar refractivity (Wildman–Crippen MR) is 76.6 cm³/mol. The molecule has 1 unspecified atom stereocenters. The summed E-state index contributed by atoms with van der Waals surface area (Å²) in [6.45, 7) is 7.43. The Morgan fingerprint density at radius 3 is 2.33 bits per heavy atom. The Bertz CT molecular complexity index is 235. The van der Waals surface area contributed by atoms with Crippen LogP contribution in [0.5, 0.6) is 0 Å². The van der Waals surface area contributed by atoms with Crippen molar-refractivity contribution in [3.05, 3.63) is 0 Å². The molecule has 0 radical (unpaired) electrons. The second-order valence-electron chi connectivity index (χ2n) is 5.66. The van der Waals surface area contributed by atoms with Gasteiger partial charge in [0, 0.05) is 18.0 Å². The molecule has 1 aliphatic carbocycles. The number of hydrogen-bond donors (Lipinski definition) is 2. The lowest BCUT2D eigenvalue weighted by Gasteiger charge is -2.30. The number of unbranched alkanes of at least 4 members (excludes halogenated alkanes) is 1. The molecule has 2 N–H and O–H groups in total. The Labute approximate surface area is 112 Å². The minimum Gasteiger partial charge on any atom is -0.353 e. The lowest BCUT2D eigenvalue weighted by molar-refractivity contribution is -0.125. The summed E-state index contributed by atoms with van der Waals surface area (Å²) in [7, 11) is 0. The van der Waals surface area contributed by atoms with E-state index in [1.165, 1.54) is 19.3 Å². The van der Waals surface area contributed by atoms with Crippen molar-refractivity contribution < 1.29 is 4.79 Å². The Balaban J connectivity index is 2.21. The topological polar surface area (TPSA) is 41.1 Å². The van der Waals surface area contributed by atoms with Crippen LogP contribution in [0.3, 0.4) is 0 Å². The third-order valence-electron chi connectivity index (χ3n) is 4.00. The minimum absolute atomic E-state index is 0.177. The molecule has 3 heteroatoms. The second-order valence-corrected chi connectivity index (χ2v) is 5.66. The molecule has 0 aromatic heterocycles. The Morgan fingerprint density at radius 2 is 1.78 bits per heavy atom. The monoisotopic (exact) mass is 254 g/mol. The van der Waals surface area contributed by atoms with Gasteiger partial charge in [0.2, 0.25) is 5.91 Å². The third kappa shape index (κ3) is 5.38. The number of carbonyl (C=O) groups excluding carboxylic acids is 1. The van der Waals surface area contributed by atoms with Gasteiger partial charge < -0.3 is 10.6 Å². The zero-order chi connectivity index (χ0) is 13.4. The molecule has 1 aliphatic rings. The van der Waals surface area contributed by atoms with Gasteiger partial charge in [-0.25, -0.2) is 0 Å². The van der Waals surface area contributed by atoms with Gasteiger partial charge in [-0.05, 0) is 38.6 Å². The van der Waals surface area contributed by atoms with E-state index in [-0.39, 0.29) is 11.8 Å². The first kappa shape index (κ1) is 15.5. The van der Waals surface area contributed by atoms with E-state index in [1.807, 2.05) is 0 Å². The fraction of sp³-hybridized carbons (Fsp3) is 0.933. The molecule has 0 aromatic carbocycles. The molecule has 0 spiro atoms. The van der Waals surface area contributed by atoms with Gasteiger partial charge in [-0.3, -0.25) is 4.79 Å². The highest BCUT2D eigenvalue weighted by Gasteiger charge is 2.23. The van der Waals surface area contributed by atoms with E-state index in [4.69, 9.17) is 0 Å². The van der Waals surface area contributed by atoms with Gasteiger partial charge in [-0.1, -0.05) is 33.6 Å². The van der Waals surface area contributed by atoms with Gasteiger partial charge in [0.05, 0.1) is 0 Å². The van der Waals surface area contributed by atoms with Crippen LogP contribution < -0.4 is 10.6 Å². The number of rotatable bonds is 7. The van der Waals surface area contributed by atoms with Gasteiger partial charge in [-0.15, -0.1) is 0 Å². The van der Waals surface area contributed by atoms with E-state index in [9.17, 15) is 4.79 Å². The van der Waals surface area contributed by atoms with E-state index >= 15 is 0 Å². The van der Waals surface area contributed by atoms with Crippen molar-refractivity contribution in [3.8, 4) is 0 Å². The third-order valence-corrected chi connectivity index (χ3v) is 4.00. The van der Waals surface area contributed by atoms with E-state index < -0.39 is 0 Å². The van der Waals surface area contributed by atoms with E-state index in [0.29, 0.717) is 12.1 Å². The summed E-state index contributed by atoms with van der Waals surface area (Å²) in [6, 6.07) is 1.08. The van der Waals surface area contributed by atoms with Crippen molar-refractivity contribution in [2.75, 3.05) is 6.54 Å². The van der Waals surface area contributed by atoms with Crippen LogP contribution in [0.1, 0.15) is 65.7 Å². The predicted octanol–water partition coefficient (Wildman–Crippen LogP) is 2.85. The maximum Gasteiger partial charge on any atom is 0.223 e. The van der Waals surface area contributed by atoms with Gasteiger partial charge >= 0.3 is 0 Å². The second kappa shape index (κ2) is 8.52. The van der Waals surface area contributed by atoms with Gasteiger partial charge in [0.25, 0.3) is 0 Å². The molecule has 18 heavy (non-hydrogen) atoms. The van der Waals surface area contributed by atoms with Crippen LogP contribution in [0.4, 0.5) is 0 Å². The minimum atomic E-state index is 0.177. The van der Waals surface area contributed by atoms with E-state index in [2.05, 4.69) is 31.4 Å². The SMILES string of the molecule is CCCCC(C)C(=O)NC1CCC(NCC)CC1. The van der Waals surface area contributed by atoms with E-state index in [0.717, 1.165) is 32.2 Å². The highest BCUT2D eigenvalue weighted by Crippen LogP contribution is 2.19. The fourth-order valence-corrected chi connectivity index (χ4v) is 2.72. The average Bonchev–Trinajstić information content (AvgIpc) is 2.38. The molecule has 0 bridgehead atoms. The summed E-state index contributed by atoms with van der Waals surface area (Å²) < 4.78 is 0. The molecule has 1 atom stereocenters. The van der Waals surface area contributed by atoms with Crippen LogP contribution in [-0.2, 0) is 4.79 Å². The molecule has 1 fully saturated rings. The van der Waals surface area contributed by atoms with Crippen molar-refractivity contribution in [1.82, 2.24) is 10.6 Å². The molecular weight excluding hydrogens is 224 g/mol. The highest BCUT2D eigenvalue weighted by atomic mass is 16.1. The zero-order valence-corrected chi connectivity index (χ0v) is 12.3. The Hall–Kier alpha value is -0.570. The van der Waals surface area contributed by atoms with Crippen molar-refractivity contribution in [2.24, 2.45) is 5.92 Å². The maximum absolute atomic E-state index is 12.0. The molecule has 1 rings (SSSR count). The van der Waals surface area contributed by atoms with Crippen LogP contribution in [-0.4, -0.2) is 24.5 Å². The van der Waals surface area contributed by atoms with Gasteiger partial charge in [0.1, 0.15) is 0 Å². The summed E-state index contributed by atoms with van der Waals surface area (Å²) in [4.78, 5) is 12.0. The molecule has 1 amide bonds. The van der Waals surface area contributed by atoms with Crippen LogP contribution in [0.2, 0.25) is 0 Å². The quantitative estimate of drug-likeness (QED) is 0.733. The van der Waals surface area contributed by atoms with Gasteiger partial charge in [0.15, 0.2) is 0 Å². The maximum atomic E-state index is 12.0. The van der Waals surface area contributed by atoms with Crippen molar-refractivity contribution in [3.63, 3.8) is 0 Å². The van der Waals surface area contributed by atoms with Crippen LogP contribution in [0.25, 0.3) is 0 Å². The molecule has 106 valence electrons. The first-order valence-corrected chi connectivity index (χ1v) is 7.71. The summed E-state index contributed by atoms with van der Waals surface area (Å²) >= 11 is 0. The van der Waals surface area contributed by atoms with Crippen molar-refractivity contribution in [2.45, 2.75) is 77.8 Å². The molecule has 0 aliphatic heterocycles. The first-order valence-electron chi connectivity index (χ1n) is 7.71. The number of nitrogens with one attached hydrogen (secondary N) is 2. The molecule has 0 heterocycles. The van der Waals surface area contributed by atoms with Crippen LogP contribution >= 0.6 is 0 Å². The van der Waals surface area contributed by atoms with Crippen LogP contribution in [0, 0.1) is 5.92 Å². The lowest BCUT2D eigenvalue weighted by Crippen LogP contribution is -2.43. The summed E-state index contributed by atoms with van der Waals surface area (Å²) in [5.74, 6) is 0.437. The molecule has 0 aromatic rings. The molecular formula is C15H30N2O. The normalized spacial score (nSPS) is 25.7. The number of amides is 1. The van der Waals surface area contributed by atoms with Crippen molar-refractivity contribution >= 4 is 5.91 Å². The first-order chi connectivity index (χ1) is 8.67. The van der Waals surface area contributed by atoms with Crippen molar-refractivity contribution in [1.29, 1.82) is 0 Å². The Kier molecular flexibility index (Phi) is 7.33. The Morgan fingerprint density at radius 1 is 1.17 bits per heavy atom. The summed E-state index contributed by atoms with van der Waals surface area (Å²) in [5.41, 5.74) is 0. The van der Waals surface area contributed by atoms with Crippen LogP contribution in [0.15, 0.2) is 0 Å². The van der Waals surface area contributed by atoms with E-state index in [1.54, 1.807) is 0 Å². The largest absolute Gasteiger partial charge is 0.353 e.